The van der Waals surface area contributed by atoms with E-state index in [1.165, 1.54) is 66.0 Å². The molecule has 6 aromatic carbocycles. The smallest absolute Gasteiger partial charge is 0.145 e. The van der Waals surface area contributed by atoms with Crippen molar-refractivity contribution in [2.24, 2.45) is 4.99 Å². The van der Waals surface area contributed by atoms with Crippen molar-refractivity contribution in [2.45, 2.75) is 39.4 Å². The van der Waals surface area contributed by atoms with E-state index in [1.54, 1.807) is 0 Å². The molecule has 9 aromatic rings. The Labute approximate surface area is 308 Å². The van der Waals surface area contributed by atoms with Crippen molar-refractivity contribution in [3.05, 3.63) is 185 Å². The van der Waals surface area contributed by atoms with Crippen molar-refractivity contribution in [1.29, 1.82) is 0 Å². The summed E-state index contributed by atoms with van der Waals surface area (Å²) in [5.41, 5.74) is 15.6. The Hall–Kier alpha value is -6.46. The number of hydrogen-bond acceptors (Lipinski definition) is 3. The Bertz CT molecular complexity index is 2980. The van der Waals surface area contributed by atoms with Gasteiger partial charge in [0.1, 0.15) is 17.5 Å². The van der Waals surface area contributed by atoms with Crippen LogP contribution in [0.25, 0.3) is 55.1 Å². The second-order valence-corrected chi connectivity index (χ2v) is 14.9. The van der Waals surface area contributed by atoms with Crippen LogP contribution in [0.3, 0.4) is 0 Å². The van der Waals surface area contributed by atoms with Gasteiger partial charge < -0.3 is 9.47 Å². The van der Waals surface area contributed by atoms with Crippen molar-refractivity contribution < 1.29 is 0 Å². The fourth-order valence-corrected chi connectivity index (χ4v) is 9.17. The van der Waals surface area contributed by atoms with E-state index in [1.807, 2.05) is 12.3 Å². The van der Waals surface area contributed by atoms with E-state index in [0.29, 0.717) is 0 Å². The van der Waals surface area contributed by atoms with Gasteiger partial charge in [0, 0.05) is 51.2 Å². The number of pyridine rings is 1. The summed E-state index contributed by atoms with van der Waals surface area (Å²) in [5, 5.41) is 4.88. The number of nitrogens with zero attached hydrogens (tertiary/aromatic N) is 5. The third kappa shape index (κ3) is 4.50. The fourth-order valence-electron chi connectivity index (χ4n) is 9.17. The number of hydrogen-bond donors (Lipinski definition) is 0. The maximum Gasteiger partial charge on any atom is 0.145 e. The lowest BCUT2D eigenvalue weighted by Gasteiger charge is -2.24. The van der Waals surface area contributed by atoms with E-state index >= 15 is 0 Å². The highest BCUT2D eigenvalue weighted by Gasteiger charge is 2.43. The Kier molecular flexibility index (Phi) is 6.42. The van der Waals surface area contributed by atoms with E-state index in [-0.39, 0.29) is 12.1 Å². The summed E-state index contributed by atoms with van der Waals surface area (Å²) >= 11 is 0. The van der Waals surface area contributed by atoms with E-state index in [9.17, 15) is 0 Å². The molecule has 2 aliphatic rings. The Morgan fingerprint density at radius 3 is 2.13 bits per heavy atom. The molecule has 2 aliphatic heterocycles. The van der Waals surface area contributed by atoms with E-state index in [4.69, 9.17) is 9.98 Å². The van der Waals surface area contributed by atoms with Crippen LogP contribution in [0.2, 0.25) is 0 Å². The summed E-state index contributed by atoms with van der Waals surface area (Å²) in [5.74, 6) is 1.06. The number of aliphatic imine (C=N–C) groups is 1. The number of aromatic nitrogens is 3. The molecule has 0 saturated carbocycles. The van der Waals surface area contributed by atoms with Crippen LogP contribution in [0.5, 0.6) is 0 Å². The van der Waals surface area contributed by atoms with Gasteiger partial charge in [-0.25, -0.2) is 4.98 Å². The molecule has 0 unspecified atom stereocenters. The molecule has 3 aromatic heterocycles. The van der Waals surface area contributed by atoms with Crippen molar-refractivity contribution in [3.63, 3.8) is 0 Å². The van der Waals surface area contributed by atoms with E-state index < -0.39 is 0 Å². The molecule has 0 spiro atoms. The first-order valence-electron chi connectivity index (χ1n) is 18.5. The minimum absolute atomic E-state index is 0.0289. The molecule has 0 N–H and O–H groups in total. The summed E-state index contributed by atoms with van der Waals surface area (Å²) in [6.45, 7) is 7.40. The summed E-state index contributed by atoms with van der Waals surface area (Å²) in [7, 11) is 0. The quantitative estimate of drug-likeness (QED) is 0.185. The summed E-state index contributed by atoms with van der Waals surface area (Å²) in [6, 6.07) is 51.6. The average Bonchev–Trinajstić information content (AvgIpc) is 3.92. The number of aryl methyl sites for hydroxylation is 3. The molecule has 5 heteroatoms. The molecular weight excluding hydrogens is 647 g/mol. The Morgan fingerprint density at radius 2 is 1.30 bits per heavy atom. The van der Waals surface area contributed by atoms with Crippen LogP contribution in [0, 0.1) is 20.8 Å². The zero-order valence-corrected chi connectivity index (χ0v) is 30.0. The topological polar surface area (TPSA) is 38.4 Å². The maximum absolute atomic E-state index is 5.55. The predicted octanol–water partition coefficient (Wildman–Crippen LogP) is 11.3. The molecule has 5 heterocycles. The van der Waals surface area contributed by atoms with Crippen LogP contribution >= 0.6 is 0 Å². The van der Waals surface area contributed by atoms with Crippen molar-refractivity contribution >= 4 is 49.6 Å². The van der Waals surface area contributed by atoms with Gasteiger partial charge >= 0.3 is 0 Å². The zero-order chi connectivity index (χ0) is 35.4. The summed E-state index contributed by atoms with van der Waals surface area (Å²) in [6.07, 6.45) is 1.90. The first-order chi connectivity index (χ1) is 26.0. The third-order valence-corrected chi connectivity index (χ3v) is 11.4. The SMILES string of the molecule is Cc1cc(C2=N[C@H](c3ccccc3)[C@@H]3c4ccccc4CN23)cc(-n2c3ccc(C)cc3c3ccc(-n4c5ccc(C)cc5c5cccnc54)cc32)c1. The molecule has 0 fully saturated rings. The molecule has 53 heavy (non-hydrogen) atoms. The van der Waals surface area contributed by atoms with Crippen molar-refractivity contribution in [2.75, 3.05) is 0 Å². The van der Waals surface area contributed by atoms with Crippen molar-refractivity contribution in [3.8, 4) is 11.4 Å². The minimum atomic E-state index is 0.0289. The second-order valence-electron chi connectivity index (χ2n) is 14.9. The van der Waals surface area contributed by atoms with Crippen LogP contribution in [0.15, 0.2) is 151 Å². The molecule has 0 bridgehead atoms. The van der Waals surface area contributed by atoms with Crippen LogP contribution < -0.4 is 0 Å². The largest absolute Gasteiger partial charge is 0.342 e. The maximum atomic E-state index is 5.55. The number of rotatable bonds is 4. The molecule has 0 amide bonds. The lowest BCUT2D eigenvalue weighted by molar-refractivity contribution is 0.341. The highest BCUT2D eigenvalue weighted by atomic mass is 15.3. The fraction of sp³-hybridized carbons (Fsp3) is 0.125. The highest BCUT2D eigenvalue weighted by molar-refractivity contribution is 6.12. The van der Waals surface area contributed by atoms with Gasteiger partial charge in [0.2, 0.25) is 0 Å². The molecular formula is C48H37N5. The zero-order valence-electron chi connectivity index (χ0n) is 30.0. The van der Waals surface area contributed by atoms with Crippen LogP contribution in [-0.2, 0) is 6.54 Å². The molecule has 5 nitrogen and oxygen atoms in total. The summed E-state index contributed by atoms with van der Waals surface area (Å²) in [4.78, 5) is 13.0. The average molecular weight is 684 g/mol. The molecule has 0 radical (unpaired) electrons. The van der Waals surface area contributed by atoms with Gasteiger partial charge in [-0.05, 0) is 110 Å². The predicted molar refractivity (Wildman–Crippen MR) is 218 cm³/mol. The van der Waals surface area contributed by atoms with Gasteiger partial charge in [-0.3, -0.25) is 9.56 Å². The summed E-state index contributed by atoms with van der Waals surface area (Å²) < 4.78 is 4.77. The second kappa shape index (κ2) is 11.3. The Balaban J connectivity index is 1.13. The first kappa shape index (κ1) is 30.2. The lowest BCUT2D eigenvalue weighted by Crippen LogP contribution is -2.26. The van der Waals surface area contributed by atoms with Crippen LogP contribution in [-0.4, -0.2) is 24.9 Å². The molecule has 254 valence electrons. The third-order valence-electron chi connectivity index (χ3n) is 11.4. The molecule has 0 saturated heterocycles. The minimum Gasteiger partial charge on any atom is -0.342 e. The molecule has 2 atom stereocenters. The number of benzene rings is 6. The van der Waals surface area contributed by atoms with Gasteiger partial charge in [0.25, 0.3) is 0 Å². The van der Waals surface area contributed by atoms with Crippen LogP contribution in [0.4, 0.5) is 0 Å². The normalized spacial score (nSPS) is 16.6. The monoisotopic (exact) mass is 683 g/mol. The van der Waals surface area contributed by atoms with Gasteiger partial charge in [-0.15, -0.1) is 0 Å². The van der Waals surface area contributed by atoms with E-state index in [2.05, 4.69) is 168 Å². The lowest BCUT2D eigenvalue weighted by atomic mass is 9.94. The van der Waals surface area contributed by atoms with E-state index in [0.717, 1.165) is 40.5 Å². The van der Waals surface area contributed by atoms with Gasteiger partial charge in [0.05, 0.1) is 22.6 Å². The van der Waals surface area contributed by atoms with Crippen LogP contribution in [0.1, 0.15) is 51.0 Å². The van der Waals surface area contributed by atoms with Crippen molar-refractivity contribution in [1.82, 2.24) is 19.0 Å². The standard InChI is InChI=1S/C48H37N5/c1-29-15-19-42-40(24-29)38-18-17-35(53-43-20-16-30(2)25-41(43)39-14-9-21-49-48(39)53)27-44(38)52(42)36-23-31(3)22-34(26-36)47-50-45(32-10-5-4-6-11-32)46-37-13-8-7-12-33(37)28-51(46)47/h4-27,45-46H,28H2,1-3H3/t45-,46+/m1/s1. The molecule has 0 aliphatic carbocycles. The molecule has 11 rings (SSSR count). The van der Waals surface area contributed by atoms with Gasteiger partial charge in [0.15, 0.2) is 0 Å². The first-order valence-corrected chi connectivity index (χ1v) is 18.5. The number of fused-ring (bicyclic) bond motifs is 9. The van der Waals surface area contributed by atoms with Gasteiger partial charge in [-0.2, -0.15) is 0 Å². The van der Waals surface area contributed by atoms with Gasteiger partial charge in [-0.1, -0.05) is 83.9 Å². The highest BCUT2D eigenvalue weighted by Crippen LogP contribution is 2.49. The number of amidine groups is 1. The Morgan fingerprint density at radius 1 is 0.547 bits per heavy atom.